The highest BCUT2D eigenvalue weighted by Crippen LogP contribution is 2.29. The van der Waals surface area contributed by atoms with Gasteiger partial charge in [-0.25, -0.2) is 9.18 Å². The lowest BCUT2D eigenvalue weighted by molar-refractivity contribution is -0.150. The van der Waals surface area contributed by atoms with Crippen LogP contribution in [-0.4, -0.2) is 72.1 Å². The van der Waals surface area contributed by atoms with E-state index < -0.39 is 18.2 Å². The van der Waals surface area contributed by atoms with Crippen LogP contribution in [0.2, 0.25) is 0 Å². The van der Waals surface area contributed by atoms with Crippen LogP contribution in [0.15, 0.2) is 48.5 Å². The Hall–Kier alpha value is -3.01. The van der Waals surface area contributed by atoms with Crippen LogP contribution < -0.4 is 10.6 Å². The van der Waals surface area contributed by atoms with Gasteiger partial charge in [0, 0.05) is 11.7 Å². The highest BCUT2D eigenvalue weighted by Gasteiger charge is 2.40. The first-order valence-electron chi connectivity index (χ1n) is 12.5. The van der Waals surface area contributed by atoms with Crippen molar-refractivity contribution >= 4 is 17.6 Å². The lowest BCUT2D eigenvalue weighted by atomic mass is 9.95. The van der Waals surface area contributed by atoms with E-state index in [2.05, 4.69) is 22.8 Å². The van der Waals surface area contributed by atoms with Gasteiger partial charge in [0.1, 0.15) is 11.9 Å². The molecule has 2 saturated heterocycles. The summed E-state index contributed by atoms with van der Waals surface area (Å²) in [6.45, 7) is 0.392. The summed E-state index contributed by atoms with van der Waals surface area (Å²) in [4.78, 5) is 27.5. The Morgan fingerprint density at radius 3 is 2.47 bits per heavy atom. The van der Waals surface area contributed by atoms with Gasteiger partial charge in [-0.05, 0) is 61.1 Å². The number of rotatable bonds is 4. The number of halogens is 1. The van der Waals surface area contributed by atoms with Crippen LogP contribution in [0, 0.1) is 5.82 Å². The van der Waals surface area contributed by atoms with E-state index in [9.17, 15) is 19.1 Å². The van der Waals surface area contributed by atoms with Gasteiger partial charge in [-0.1, -0.05) is 24.3 Å². The number of urea groups is 1. The monoisotopic (exact) mass is 497 g/mol. The van der Waals surface area contributed by atoms with Crippen molar-refractivity contribution in [3.63, 3.8) is 0 Å². The van der Waals surface area contributed by atoms with Gasteiger partial charge in [0.05, 0.1) is 44.4 Å². The van der Waals surface area contributed by atoms with Crippen LogP contribution in [0.5, 0.6) is 0 Å². The first-order chi connectivity index (χ1) is 17.4. The predicted molar refractivity (Wildman–Crippen MR) is 131 cm³/mol. The van der Waals surface area contributed by atoms with Crippen LogP contribution in [0.4, 0.5) is 14.9 Å². The number of hydrogen-bond acceptors (Lipinski definition) is 5. The first kappa shape index (κ1) is 24.7. The smallest absolute Gasteiger partial charge is 0.322 e. The summed E-state index contributed by atoms with van der Waals surface area (Å²) < 4.78 is 25.1. The first-order valence-corrected chi connectivity index (χ1v) is 12.5. The number of aliphatic hydroxyl groups excluding tert-OH is 1. The highest BCUT2D eigenvalue weighted by atomic mass is 19.1. The second-order valence-corrected chi connectivity index (χ2v) is 9.87. The van der Waals surface area contributed by atoms with Gasteiger partial charge < -0.3 is 30.1 Å². The number of aliphatic hydroxyl groups is 1. The van der Waals surface area contributed by atoms with Crippen LogP contribution >= 0.6 is 0 Å². The van der Waals surface area contributed by atoms with Gasteiger partial charge >= 0.3 is 6.03 Å². The van der Waals surface area contributed by atoms with E-state index in [1.165, 1.54) is 35.4 Å². The number of β-amino-alcohol motifs (C(OH)–C–C–N with tert-alkyl or cyclic N) is 1. The Morgan fingerprint density at radius 1 is 1.03 bits per heavy atom. The summed E-state index contributed by atoms with van der Waals surface area (Å²) in [7, 11) is 0. The van der Waals surface area contributed by atoms with Gasteiger partial charge in [0.25, 0.3) is 0 Å². The molecule has 0 spiro atoms. The predicted octanol–water partition coefficient (Wildman–Crippen LogP) is 2.64. The van der Waals surface area contributed by atoms with Gasteiger partial charge in [-0.2, -0.15) is 0 Å². The van der Waals surface area contributed by atoms with E-state index >= 15 is 0 Å². The molecule has 1 aliphatic carbocycles. The second kappa shape index (κ2) is 10.9. The van der Waals surface area contributed by atoms with Gasteiger partial charge in [-0.3, -0.25) is 4.79 Å². The summed E-state index contributed by atoms with van der Waals surface area (Å²) in [5.41, 5.74) is 3.03. The molecular weight excluding hydrogens is 465 g/mol. The minimum absolute atomic E-state index is 0.0376. The van der Waals surface area contributed by atoms with E-state index in [0.717, 1.165) is 12.8 Å². The summed E-state index contributed by atoms with van der Waals surface area (Å²) >= 11 is 0. The SMILES string of the molecule is O=C(C[C@@H]1CC[C@H]2[C@@H](COC[C@@H](O)CN2C(=O)Nc2ccc(F)cc2)O1)NC1Cc2ccccc2C1. The minimum atomic E-state index is -0.830. The van der Waals surface area contributed by atoms with E-state index in [1.54, 1.807) is 4.90 Å². The molecule has 2 fully saturated rings. The summed E-state index contributed by atoms with van der Waals surface area (Å²) in [5.74, 6) is -0.426. The maximum atomic E-state index is 13.2. The average Bonchev–Trinajstić information content (AvgIpc) is 3.25. The van der Waals surface area contributed by atoms with Gasteiger partial charge in [-0.15, -0.1) is 0 Å². The fourth-order valence-electron chi connectivity index (χ4n) is 5.46. The van der Waals surface area contributed by atoms with Crippen molar-refractivity contribution in [2.24, 2.45) is 0 Å². The molecule has 3 aliphatic rings. The zero-order valence-corrected chi connectivity index (χ0v) is 20.1. The normalized spacial score (nSPS) is 26.3. The molecule has 8 nitrogen and oxygen atoms in total. The summed E-state index contributed by atoms with van der Waals surface area (Å²) in [5, 5.41) is 16.2. The molecule has 192 valence electrons. The number of nitrogens with zero attached hydrogens (tertiary/aromatic N) is 1. The van der Waals surface area contributed by atoms with Crippen LogP contribution in [-0.2, 0) is 27.1 Å². The lowest BCUT2D eigenvalue weighted by Gasteiger charge is -2.44. The van der Waals surface area contributed by atoms with Crippen molar-refractivity contribution < 1.29 is 28.6 Å². The Balaban J connectivity index is 1.18. The third kappa shape index (κ3) is 5.86. The van der Waals surface area contributed by atoms with Crippen LogP contribution in [0.1, 0.15) is 30.4 Å². The Bertz CT molecular complexity index is 1060. The molecule has 36 heavy (non-hydrogen) atoms. The minimum Gasteiger partial charge on any atom is -0.389 e. The van der Waals surface area contributed by atoms with Crippen molar-refractivity contribution in [1.82, 2.24) is 10.2 Å². The third-order valence-corrected chi connectivity index (χ3v) is 7.17. The number of amides is 3. The molecule has 4 atom stereocenters. The van der Waals surface area contributed by atoms with Crippen LogP contribution in [0.3, 0.4) is 0 Å². The van der Waals surface area contributed by atoms with Crippen LogP contribution in [0.25, 0.3) is 0 Å². The third-order valence-electron chi connectivity index (χ3n) is 7.17. The quantitative estimate of drug-likeness (QED) is 0.603. The number of carbonyl (C=O) groups is 2. The molecule has 0 radical (unpaired) electrons. The molecule has 0 aromatic heterocycles. The molecule has 5 rings (SSSR count). The topological polar surface area (TPSA) is 100 Å². The molecule has 0 bridgehead atoms. The van der Waals surface area contributed by atoms with Gasteiger partial charge in [0.15, 0.2) is 0 Å². The maximum absolute atomic E-state index is 13.2. The Labute approximate surface area is 209 Å². The molecule has 2 aromatic rings. The standard InChI is InChI=1S/C27H32FN3O5/c28-19-5-7-20(8-6-19)30-27(34)31-14-22(32)15-35-16-25-24(31)10-9-23(36-25)13-26(33)29-21-11-17-3-1-2-4-18(17)12-21/h1-8,21-25,32H,9-16H2,(H,29,33)(H,30,34)/t22-,23-,24-,25+/m0/s1. The lowest BCUT2D eigenvalue weighted by Crippen LogP contribution is -2.58. The van der Waals surface area contributed by atoms with Gasteiger partial charge in [0.2, 0.25) is 5.91 Å². The molecule has 2 aromatic carbocycles. The van der Waals surface area contributed by atoms with Crippen molar-refractivity contribution in [3.05, 3.63) is 65.5 Å². The Kier molecular flexibility index (Phi) is 7.50. The number of fused-ring (bicyclic) bond motifs is 2. The molecule has 0 saturated carbocycles. The molecule has 2 aliphatic heterocycles. The van der Waals surface area contributed by atoms with E-state index in [1.807, 2.05) is 12.1 Å². The summed E-state index contributed by atoms with van der Waals surface area (Å²) in [6.07, 6.45) is 1.63. The summed E-state index contributed by atoms with van der Waals surface area (Å²) in [6, 6.07) is 13.2. The number of benzene rings is 2. The average molecular weight is 498 g/mol. The highest BCUT2D eigenvalue weighted by molar-refractivity contribution is 5.89. The maximum Gasteiger partial charge on any atom is 0.322 e. The van der Waals surface area contributed by atoms with Crippen molar-refractivity contribution in [2.75, 3.05) is 25.1 Å². The zero-order valence-electron chi connectivity index (χ0n) is 20.1. The molecule has 9 heteroatoms. The zero-order chi connectivity index (χ0) is 25.1. The molecule has 3 N–H and O–H groups in total. The van der Waals surface area contributed by atoms with Crippen molar-refractivity contribution in [1.29, 1.82) is 0 Å². The number of anilines is 1. The Morgan fingerprint density at radius 2 is 1.75 bits per heavy atom. The number of carbonyl (C=O) groups excluding carboxylic acids is 2. The fraction of sp³-hybridized carbons (Fsp3) is 0.481. The fourth-order valence-corrected chi connectivity index (χ4v) is 5.46. The number of hydrogen-bond donors (Lipinski definition) is 3. The van der Waals surface area contributed by atoms with E-state index in [4.69, 9.17) is 9.47 Å². The van der Waals surface area contributed by atoms with Crippen molar-refractivity contribution in [2.45, 2.75) is 62.5 Å². The largest absolute Gasteiger partial charge is 0.389 e. The molecule has 3 amide bonds. The molecule has 2 heterocycles. The number of nitrogens with one attached hydrogen (secondary N) is 2. The van der Waals surface area contributed by atoms with Crippen molar-refractivity contribution in [3.8, 4) is 0 Å². The molecule has 0 unspecified atom stereocenters. The van der Waals surface area contributed by atoms with E-state index in [-0.39, 0.29) is 56.1 Å². The van der Waals surface area contributed by atoms with E-state index in [0.29, 0.717) is 18.5 Å². The second-order valence-electron chi connectivity index (χ2n) is 9.87. The number of ether oxygens (including phenoxy) is 2. The molecular formula is C27H32FN3O5.